The minimum atomic E-state index is -0.179. The van der Waals surface area contributed by atoms with E-state index in [0.29, 0.717) is 6.54 Å². The molecule has 0 spiro atoms. The molecule has 0 bridgehead atoms. The Morgan fingerprint density at radius 3 is 2.53 bits per heavy atom. The third-order valence-electron chi connectivity index (χ3n) is 2.76. The molecule has 1 rings (SSSR count). The Morgan fingerprint density at radius 1 is 1.40 bits per heavy atom. The third-order valence-corrected chi connectivity index (χ3v) is 2.76. The van der Waals surface area contributed by atoms with Gasteiger partial charge in [0.05, 0.1) is 0 Å². The second-order valence-electron chi connectivity index (χ2n) is 4.13. The lowest BCUT2D eigenvalue weighted by atomic mass is 9.82. The normalized spacial score (nSPS) is 19.1. The molecule has 1 aliphatic carbocycles. The molecular formula is C10H21ClN2O2. The quantitative estimate of drug-likeness (QED) is 0.760. The highest BCUT2D eigenvalue weighted by atomic mass is 35.5. The first kappa shape index (κ1) is 14.7. The standard InChI is InChI=1S/C10H20N2O2.ClH/c1-14-7-9(13)12-8-10(11)5-3-2-4-6-10;/h2-8,11H2,1H3,(H,12,13);1H. The molecule has 1 saturated carbocycles. The van der Waals surface area contributed by atoms with Crippen LogP contribution < -0.4 is 11.1 Å². The van der Waals surface area contributed by atoms with E-state index in [9.17, 15) is 4.79 Å². The Morgan fingerprint density at radius 2 is 2.00 bits per heavy atom. The van der Waals surface area contributed by atoms with Gasteiger partial charge < -0.3 is 15.8 Å². The van der Waals surface area contributed by atoms with Crippen LogP contribution in [0.1, 0.15) is 32.1 Å². The van der Waals surface area contributed by atoms with Gasteiger partial charge in [-0.1, -0.05) is 19.3 Å². The molecule has 0 radical (unpaired) electrons. The lowest BCUT2D eigenvalue weighted by Gasteiger charge is -2.33. The second-order valence-corrected chi connectivity index (χ2v) is 4.13. The van der Waals surface area contributed by atoms with Crippen molar-refractivity contribution in [1.82, 2.24) is 5.32 Å². The van der Waals surface area contributed by atoms with E-state index < -0.39 is 0 Å². The maximum Gasteiger partial charge on any atom is 0.246 e. The molecule has 0 aromatic rings. The summed E-state index contributed by atoms with van der Waals surface area (Å²) in [5.41, 5.74) is 5.97. The average Bonchev–Trinajstić information content (AvgIpc) is 2.17. The van der Waals surface area contributed by atoms with Crippen LogP contribution in [0.2, 0.25) is 0 Å². The number of hydrogen-bond acceptors (Lipinski definition) is 3. The zero-order valence-corrected chi connectivity index (χ0v) is 10.1. The second kappa shape index (κ2) is 7.04. The molecule has 0 aromatic carbocycles. The number of halogens is 1. The van der Waals surface area contributed by atoms with Gasteiger partial charge in [0.1, 0.15) is 6.61 Å². The zero-order valence-electron chi connectivity index (χ0n) is 9.25. The van der Waals surface area contributed by atoms with Gasteiger partial charge >= 0.3 is 0 Å². The van der Waals surface area contributed by atoms with Gasteiger partial charge in [-0.15, -0.1) is 12.4 Å². The largest absolute Gasteiger partial charge is 0.375 e. The number of nitrogens with one attached hydrogen (secondary N) is 1. The van der Waals surface area contributed by atoms with Crippen LogP contribution in [-0.4, -0.2) is 31.7 Å². The molecule has 0 aliphatic heterocycles. The van der Waals surface area contributed by atoms with E-state index in [1.807, 2.05) is 0 Å². The number of carbonyl (C=O) groups excluding carboxylic acids is 1. The summed E-state index contributed by atoms with van der Waals surface area (Å²) in [6, 6.07) is 0. The smallest absolute Gasteiger partial charge is 0.246 e. The summed E-state index contributed by atoms with van der Waals surface area (Å²) in [6.07, 6.45) is 5.65. The number of methoxy groups -OCH3 is 1. The van der Waals surface area contributed by atoms with Gasteiger partial charge in [-0.25, -0.2) is 0 Å². The van der Waals surface area contributed by atoms with E-state index in [4.69, 9.17) is 10.5 Å². The summed E-state index contributed by atoms with van der Waals surface area (Å²) < 4.78 is 4.72. The molecule has 0 saturated heterocycles. The lowest BCUT2D eigenvalue weighted by molar-refractivity contribution is -0.125. The Bertz CT molecular complexity index is 194. The molecule has 3 N–H and O–H groups in total. The van der Waals surface area contributed by atoms with E-state index in [0.717, 1.165) is 12.8 Å². The van der Waals surface area contributed by atoms with Gasteiger partial charge in [-0.05, 0) is 12.8 Å². The summed E-state index contributed by atoms with van der Waals surface area (Å²) in [7, 11) is 1.51. The number of ether oxygens (including phenoxy) is 1. The fourth-order valence-corrected chi connectivity index (χ4v) is 1.89. The van der Waals surface area contributed by atoms with Crippen LogP contribution in [0.3, 0.4) is 0 Å². The summed E-state index contributed by atoms with van der Waals surface area (Å²) in [4.78, 5) is 11.1. The van der Waals surface area contributed by atoms with Gasteiger partial charge in [-0.2, -0.15) is 0 Å². The van der Waals surface area contributed by atoms with Crippen molar-refractivity contribution in [2.45, 2.75) is 37.6 Å². The first-order valence-corrected chi connectivity index (χ1v) is 5.21. The highest BCUT2D eigenvalue weighted by Gasteiger charge is 2.27. The molecule has 0 atom stereocenters. The maximum atomic E-state index is 11.1. The Labute approximate surface area is 97.3 Å². The molecule has 5 heteroatoms. The molecule has 0 aromatic heterocycles. The average molecular weight is 237 g/mol. The number of carbonyl (C=O) groups is 1. The molecule has 1 amide bonds. The van der Waals surface area contributed by atoms with Crippen LogP contribution in [0, 0.1) is 0 Å². The van der Waals surface area contributed by atoms with Crippen LogP contribution in [0.15, 0.2) is 0 Å². The minimum absolute atomic E-state index is 0. The Hall–Kier alpha value is -0.320. The fourth-order valence-electron chi connectivity index (χ4n) is 1.89. The molecule has 1 fully saturated rings. The highest BCUT2D eigenvalue weighted by Crippen LogP contribution is 2.24. The van der Waals surface area contributed by atoms with E-state index >= 15 is 0 Å². The minimum Gasteiger partial charge on any atom is -0.375 e. The number of amides is 1. The lowest BCUT2D eigenvalue weighted by Crippen LogP contribution is -2.51. The van der Waals surface area contributed by atoms with Crippen molar-refractivity contribution in [1.29, 1.82) is 0 Å². The SMILES string of the molecule is COCC(=O)NCC1(N)CCCCC1.Cl. The summed E-state index contributed by atoms with van der Waals surface area (Å²) >= 11 is 0. The molecule has 4 nitrogen and oxygen atoms in total. The van der Waals surface area contributed by atoms with Gasteiger partial charge in [0, 0.05) is 19.2 Å². The third kappa shape index (κ3) is 5.35. The first-order chi connectivity index (χ1) is 6.66. The van der Waals surface area contributed by atoms with E-state index in [-0.39, 0.29) is 30.5 Å². The number of rotatable bonds is 4. The molecule has 1 aliphatic rings. The summed E-state index contributed by atoms with van der Waals surface area (Å²) in [5, 5.41) is 2.80. The summed E-state index contributed by atoms with van der Waals surface area (Å²) in [6.45, 7) is 0.700. The highest BCUT2D eigenvalue weighted by molar-refractivity contribution is 5.85. The van der Waals surface area contributed by atoms with Crippen molar-refractivity contribution in [2.24, 2.45) is 5.73 Å². The zero-order chi connectivity index (χ0) is 10.4. The molecule has 15 heavy (non-hydrogen) atoms. The molecular weight excluding hydrogens is 216 g/mol. The maximum absolute atomic E-state index is 11.1. The van der Waals surface area contributed by atoms with E-state index in [1.54, 1.807) is 0 Å². The topological polar surface area (TPSA) is 64.3 Å². The van der Waals surface area contributed by atoms with Crippen molar-refractivity contribution in [3.8, 4) is 0 Å². The summed E-state index contributed by atoms with van der Waals surface area (Å²) in [5.74, 6) is -0.0806. The molecule has 0 unspecified atom stereocenters. The van der Waals surface area contributed by atoms with Crippen molar-refractivity contribution in [3.05, 3.63) is 0 Å². The van der Waals surface area contributed by atoms with E-state index in [1.165, 1.54) is 26.4 Å². The van der Waals surface area contributed by atoms with Gasteiger partial charge in [0.15, 0.2) is 0 Å². The Kier molecular flexibility index (Phi) is 6.89. The first-order valence-electron chi connectivity index (χ1n) is 5.21. The van der Waals surface area contributed by atoms with Crippen LogP contribution in [0.25, 0.3) is 0 Å². The fraction of sp³-hybridized carbons (Fsp3) is 0.900. The monoisotopic (exact) mass is 236 g/mol. The van der Waals surface area contributed by atoms with Crippen molar-refractivity contribution in [2.75, 3.05) is 20.3 Å². The predicted octanol–water partition coefficient (Wildman–Crippen LogP) is 0.832. The van der Waals surface area contributed by atoms with Gasteiger partial charge in [0.2, 0.25) is 5.91 Å². The van der Waals surface area contributed by atoms with Crippen LogP contribution in [-0.2, 0) is 9.53 Å². The van der Waals surface area contributed by atoms with Crippen molar-refractivity contribution >= 4 is 18.3 Å². The molecule has 90 valence electrons. The van der Waals surface area contributed by atoms with Crippen LogP contribution in [0.4, 0.5) is 0 Å². The van der Waals surface area contributed by atoms with Crippen molar-refractivity contribution < 1.29 is 9.53 Å². The van der Waals surface area contributed by atoms with Crippen LogP contribution in [0.5, 0.6) is 0 Å². The number of hydrogen-bond donors (Lipinski definition) is 2. The van der Waals surface area contributed by atoms with Crippen molar-refractivity contribution in [3.63, 3.8) is 0 Å². The van der Waals surface area contributed by atoms with Gasteiger partial charge in [0.25, 0.3) is 0 Å². The molecule has 0 heterocycles. The van der Waals surface area contributed by atoms with E-state index in [2.05, 4.69) is 5.32 Å². The number of nitrogens with two attached hydrogens (primary N) is 1. The predicted molar refractivity (Wildman–Crippen MR) is 62.1 cm³/mol. The Balaban J connectivity index is 0.00000196. The van der Waals surface area contributed by atoms with Crippen LogP contribution >= 0.6 is 12.4 Å². The van der Waals surface area contributed by atoms with Gasteiger partial charge in [-0.3, -0.25) is 4.79 Å².